The minimum Gasteiger partial charge on any atom is -0.384 e. The molecule has 0 radical (unpaired) electrons. The number of nitrogens with zero attached hydrogens (tertiary/aromatic N) is 2. The molecule has 0 aromatic carbocycles. The standard InChI is InChI=1S/C15H27N3/c1-4-10-18(11-6-7-13(3)5-2)14-8-9-15(16)17-12-14/h8-9,12-13H,4-7,10-11H2,1-3H3,(H2,16,17). The van der Waals surface area contributed by atoms with Gasteiger partial charge in [0.1, 0.15) is 5.82 Å². The van der Waals surface area contributed by atoms with Crippen LogP contribution in [0.15, 0.2) is 18.3 Å². The summed E-state index contributed by atoms with van der Waals surface area (Å²) < 4.78 is 0. The van der Waals surface area contributed by atoms with E-state index in [4.69, 9.17) is 5.73 Å². The second-order valence-corrected chi connectivity index (χ2v) is 5.08. The van der Waals surface area contributed by atoms with Crippen molar-refractivity contribution in [1.82, 2.24) is 4.98 Å². The summed E-state index contributed by atoms with van der Waals surface area (Å²) in [6.45, 7) is 9.01. The molecule has 0 spiro atoms. The first kappa shape index (κ1) is 14.8. The zero-order chi connectivity index (χ0) is 13.4. The van der Waals surface area contributed by atoms with E-state index in [1.807, 2.05) is 12.3 Å². The van der Waals surface area contributed by atoms with Crippen molar-refractivity contribution in [3.05, 3.63) is 18.3 Å². The van der Waals surface area contributed by atoms with Crippen LogP contribution in [-0.2, 0) is 0 Å². The van der Waals surface area contributed by atoms with E-state index in [0.29, 0.717) is 5.82 Å². The van der Waals surface area contributed by atoms with E-state index in [9.17, 15) is 0 Å². The lowest BCUT2D eigenvalue weighted by atomic mass is 10.0. The zero-order valence-corrected chi connectivity index (χ0v) is 12.0. The van der Waals surface area contributed by atoms with Crippen LogP contribution in [0.4, 0.5) is 11.5 Å². The van der Waals surface area contributed by atoms with E-state index < -0.39 is 0 Å². The van der Waals surface area contributed by atoms with Crippen molar-refractivity contribution in [3.63, 3.8) is 0 Å². The van der Waals surface area contributed by atoms with Gasteiger partial charge in [-0.25, -0.2) is 4.98 Å². The first-order valence-electron chi connectivity index (χ1n) is 7.13. The number of anilines is 2. The number of nitrogen functional groups attached to an aromatic ring is 1. The molecule has 18 heavy (non-hydrogen) atoms. The van der Waals surface area contributed by atoms with Crippen LogP contribution in [0.3, 0.4) is 0 Å². The fraction of sp³-hybridized carbons (Fsp3) is 0.667. The highest BCUT2D eigenvalue weighted by atomic mass is 15.1. The molecule has 0 aliphatic rings. The molecule has 3 nitrogen and oxygen atoms in total. The van der Waals surface area contributed by atoms with Gasteiger partial charge in [0.25, 0.3) is 0 Å². The average Bonchev–Trinajstić information content (AvgIpc) is 2.38. The van der Waals surface area contributed by atoms with Gasteiger partial charge in [0.05, 0.1) is 11.9 Å². The maximum Gasteiger partial charge on any atom is 0.123 e. The van der Waals surface area contributed by atoms with Crippen LogP contribution >= 0.6 is 0 Å². The Balaban J connectivity index is 2.51. The van der Waals surface area contributed by atoms with Gasteiger partial charge < -0.3 is 10.6 Å². The molecule has 0 saturated heterocycles. The summed E-state index contributed by atoms with van der Waals surface area (Å²) in [6.07, 6.45) is 6.87. The van der Waals surface area contributed by atoms with Crippen LogP contribution in [0.5, 0.6) is 0 Å². The van der Waals surface area contributed by atoms with E-state index in [0.717, 1.165) is 25.4 Å². The second-order valence-electron chi connectivity index (χ2n) is 5.08. The monoisotopic (exact) mass is 249 g/mol. The van der Waals surface area contributed by atoms with Crippen LogP contribution in [-0.4, -0.2) is 18.1 Å². The molecule has 0 fully saturated rings. The molecule has 0 aliphatic carbocycles. The van der Waals surface area contributed by atoms with Gasteiger partial charge in [-0.3, -0.25) is 0 Å². The number of rotatable bonds is 8. The molecule has 0 saturated carbocycles. The molecule has 1 atom stereocenters. The molecule has 1 aromatic heterocycles. The van der Waals surface area contributed by atoms with Gasteiger partial charge in [-0.15, -0.1) is 0 Å². The van der Waals surface area contributed by atoms with Gasteiger partial charge in [0.15, 0.2) is 0 Å². The molecular formula is C15H27N3. The Morgan fingerprint density at radius 3 is 2.61 bits per heavy atom. The quantitative estimate of drug-likeness (QED) is 0.763. The average molecular weight is 249 g/mol. The number of nitrogens with two attached hydrogens (primary N) is 1. The third-order valence-electron chi connectivity index (χ3n) is 3.45. The Hall–Kier alpha value is -1.25. The maximum atomic E-state index is 5.63. The SMILES string of the molecule is CCCN(CCCC(C)CC)c1ccc(N)nc1. The molecule has 1 heterocycles. The summed E-state index contributed by atoms with van der Waals surface area (Å²) in [5.74, 6) is 1.42. The van der Waals surface area contributed by atoms with Crippen molar-refractivity contribution >= 4 is 11.5 Å². The first-order valence-corrected chi connectivity index (χ1v) is 7.13. The Morgan fingerprint density at radius 2 is 2.06 bits per heavy atom. The molecule has 2 N–H and O–H groups in total. The summed E-state index contributed by atoms with van der Waals surface area (Å²) in [5, 5.41) is 0. The third kappa shape index (κ3) is 4.94. The molecule has 0 bridgehead atoms. The summed E-state index contributed by atoms with van der Waals surface area (Å²) in [5.41, 5.74) is 6.82. The molecular weight excluding hydrogens is 222 g/mol. The highest BCUT2D eigenvalue weighted by Crippen LogP contribution is 2.17. The van der Waals surface area contributed by atoms with Crippen molar-refractivity contribution in [2.24, 2.45) is 5.92 Å². The van der Waals surface area contributed by atoms with Crippen molar-refractivity contribution in [3.8, 4) is 0 Å². The van der Waals surface area contributed by atoms with Gasteiger partial charge in [0.2, 0.25) is 0 Å². The third-order valence-corrected chi connectivity index (χ3v) is 3.45. The Morgan fingerprint density at radius 1 is 1.28 bits per heavy atom. The van der Waals surface area contributed by atoms with E-state index in [-0.39, 0.29) is 0 Å². The summed E-state index contributed by atoms with van der Waals surface area (Å²) in [7, 11) is 0. The predicted octanol–water partition coefficient (Wildman–Crippen LogP) is 3.71. The minimum atomic E-state index is 0.592. The van der Waals surface area contributed by atoms with Crippen LogP contribution in [0.2, 0.25) is 0 Å². The number of pyridine rings is 1. The lowest BCUT2D eigenvalue weighted by Gasteiger charge is -2.24. The Bertz CT molecular complexity index is 321. The van der Waals surface area contributed by atoms with Crippen LogP contribution < -0.4 is 10.6 Å². The normalized spacial score (nSPS) is 12.4. The number of hydrogen-bond acceptors (Lipinski definition) is 3. The Kier molecular flexibility index (Phi) is 6.55. The van der Waals surface area contributed by atoms with E-state index in [1.165, 1.54) is 24.9 Å². The number of hydrogen-bond donors (Lipinski definition) is 1. The lowest BCUT2D eigenvalue weighted by molar-refractivity contribution is 0.493. The topological polar surface area (TPSA) is 42.1 Å². The predicted molar refractivity (Wildman–Crippen MR) is 79.8 cm³/mol. The van der Waals surface area contributed by atoms with Crippen molar-refractivity contribution < 1.29 is 0 Å². The highest BCUT2D eigenvalue weighted by Gasteiger charge is 2.07. The van der Waals surface area contributed by atoms with Gasteiger partial charge in [-0.2, -0.15) is 0 Å². The van der Waals surface area contributed by atoms with Crippen LogP contribution in [0, 0.1) is 5.92 Å². The van der Waals surface area contributed by atoms with Gasteiger partial charge in [0, 0.05) is 13.1 Å². The number of aromatic nitrogens is 1. The zero-order valence-electron chi connectivity index (χ0n) is 12.0. The molecule has 0 aliphatic heterocycles. The molecule has 1 rings (SSSR count). The molecule has 1 aromatic rings. The van der Waals surface area contributed by atoms with Crippen molar-refractivity contribution in [1.29, 1.82) is 0 Å². The molecule has 3 heteroatoms. The van der Waals surface area contributed by atoms with Crippen molar-refractivity contribution in [2.75, 3.05) is 23.7 Å². The fourth-order valence-electron chi connectivity index (χ4n) is 2.06. The van der Waals surface area contributed by atoms with E-state index in [1.54, 1.807) is 0 Å². The lowest BCUT2D eigenvalue weighted by Crippen LogP contribution is -2.25. The molecule has 1 unspecified atom stereocenters. The summed E-state index contributed by atoms with van der Waals surface area (Å²) in [6, 6.07) is 3.95. The van der Waals surface area contributed by atoms with Crippen LogP contribution in [0.25, 0.3) is 0 Å². The second kappa shape index (κ2) is 7.96. The maximum absolute atomic E-state index is 5.63. The summed E-state index contributed by atoms with van der Waals surface area (Å²) >= 11 is 0. The van der Waals surface area contributed by atoms with Gasteiger partial charge in [-0.1, -0.05) is 27.2 Å². The largest absolute Gasteiger partial charge is 0.384 e. The van der Waals surface area contributed by atoms with Crippen LogP contribution in [0.1, 0.15) is 46.5 Å². The smallest absolute Gasteiger partial charge is 0.123 e. The Labute approximate surface area is 111 Å². The highest BCUT2D eigenvalue weighted by molar-refractivity contribution is 5.47. The van der Waals surface area contributed by atoms with Gasteiger partial charge in [-0.05, 0) is 37.3 Å². The van der Waals surface area contributed by atoms with E-state index in [2.05, 4.69) is 36.7 Å². The first-order chi connectivity index (χ1) is 8.67. The molecule has 102 valence electrons. The minimum absolute atomic E-state index is 0.592. The van der Waals surface area contributed by atoms with E-state index >= 15 is 0 Å². The summed E-state index contributed by atoms with van der Waals surface area (Å²) in [4.78, 5) is 6.59. The fourth-order valence-corrected chi connectivity index (χ4v) is 2.06. The van der Waals surface area contributed by atoms with Crippen molar-refractivity contribution in [2.45, 2.75) is 46.5 Å². The molecule has 0 amide bonds. The van der Waals surface area contributed by atoms with Gasteiger partial charge >= 0.3 is 0 Å².